The minimum absolute atomic E-state index is 0.0237. The van der Waals surface area contributed by atoms with Crippen LogP contribution in [0.1, 0.15) is 28.4 Å². The van der Waals surface area contributed by atoms with Crippen molar-refractivity contribution in [1.82, 2.24) is 9.88 Å². The molecular formula is C28H28N4O4. The Hall–Kier alpha value is -4.59. The van der Waals surface area contributed by atoms with Crippen LogP contribution in [0.15, 0.2) is 77.8 Å². The molecule has 1 amide bonds. The first-order valence-electron chi connectivity index (χ1n) is 11.6. The van der Waals surface area contributed by atoms with Gasteiger partial charge >= 0.3 is 5.97 Å². The highest BCUT2D eigenvalue weighted by Gasteiger charge is 2.20. The number of aromatic hydroxyl groups is 1. The number of hydrogen-bond acceptors (Lipinski definition) is 6. The molecule has 8 nitrogen and oxygen atoms in total. The molecule has 1 aromatic heterocycles. The second-order valence-corrected chi connectivity index (χ2v) is 8.34. The van der Waals surface area contributed by atoms with Gasteiger partial charge in [0.2, 0.25) is 5.91 Å². The number of carbonyl (C=O) groups is 2. The third kappa shape index (κ3) is 5.38. The molecule has 1 heterocycles. The zero-order chi connectivity index (χ0) is 25.7. The molecule has 0 aliphatic heterocycles. The van der Waals surface area contributed by atoms with Gasteiger partial charge in [-0.3, -0.25) is 4.79 Å². The van der Waals surface area contributed by atoms with Gasteiger partial charge in [0.1, 0.15) is 0 Å². The van der Waals surface area contributed by atoms with Crippen LogP contribution in [0.4, 0.5) is 11.4 Å². The number of ether oxygens (including phenoxy) is 1. The number of hydrogen-bond donors (Lipinski definition) is 3. The van der Waals surface area contributed by atoms with Crippen LogP contribution < -0.4 is 5.32 Å². The van der Waals surface area contributed by atoms with Gasteiger partial charge in [0.15, 0.2) is 5.88 Å². The number of carbonyl (C=O) groups excluding carboxylic acids is 2. The molecule has 0 atom stereocenters. The van der Waals surface area contributed by atoms with Crippen molar-refractivity contribution < 1.29 is 19.4 Å². The van der Waals surface area contributed by atoms with E-state index < -0.39 is 5.97 Å². The summed E-state index contributed by atoms with van der Waals surface area (Å²) in [6.07, 6.45) is 0. The summed E-state index contributed by atoms with van der Waals surface area (Å²) < 4.78 is 5.10. The molecule has 0 unspecified atom stereocenters. The van der Waals surface area contributed by atoms with Crippen LogP contribution in [0.5, 0.6) is 5.88 Å². The van der Waals surface area contributed by atoms with Crippen LogP contribution in [0.2, 0.25) is 0 Å². The molecule has 0 aliphatic rings. The van der Waals surface area contributed by atoms with Crippen molar-refractivity contribution in [3.8, 4) is 5.88 Å². The van der Waals surface area contributed by atoms with Crippen molar-refractivity contribution in [1.29, 1.82) is 0 Å². The summed E-state index contributed by atoms with van der Waals surface area (Å²) in [6, 6.07) is 22.1. The normalized spacial score (nSPS) is 11.4. The van der Waals surface area contributed by atoms with E-state index >= 15 is 0 Å². The summed E-state index contributed by atoms with van der Waals surface area (Å²) in [5.41, 5.74) is 4.40. The minimum atomic E-state index is -0.423. The lowest BCUT2D eigenvalue weighted by molar-refractivity contribution is -0.126. The highest BCUT2D eigenvalue weighted by atomic mass is 16.5. The van der Waals surface area contributed by atoms with Gasteiger partial charge in [-0.05, 0) is 43.3 Å². The number of nitrogens with one attached hydrogen (secondary N) is 2. The Labute approximate surface area is 209 Å². The molecule has 0 saturated heterocycles. The minimum Gasteiger partial charge on any atom is -0.494 e. The number of aromatic amines is 1. The van der Waals surface area contributed by atoms with Crippen LogP contribution in [0.3, 0.4) is 0 Å². The zero-order valence-corrected chi connectivity index (χ0v) is 20.4. The quantitative estimate of drug-likeness (QED) is 0.248. The Morgan fingerprint density at radius 2 is 1.72 bits per heavy atom. The number of amides is 1. The first-order valence-corrected chi connectivity index (χ1v) is 11.6. The number of aliphatic imine (C=N–C) groups is 1. The topological polar surface area (TPSA) is 107 Å². The van der Waals surface area contributed by atoms with Crippen molar-refractivity contribution in [3.05, 3.63) is 89.5 Å². The standard InChI is InChI=1S/C28H28N4O4/c1-4-36-28(35)19-10-15-22-23(16-19)31-27(34)25(22)26(18-8-6-5-7-9-18)30-21-13-11-20(12-14-21)29-17-24(33)32(2)3/h5-16,29,31,34H,4,17H2,1-3H3. The van der Waals surface area contributed by atoms with E-state index in [2.05, 4.69) is 10.3 Å². The predicted molar refractivity (Wildman–Crippen MR) is 141 cm³/mol. The summed E-state index contributed by atoms with van der Waals surface area (Å²) >= 11 is 0. The number of anilines is 1. The summed E-state index contributed by atoms with van der Waals surface area (Å²) in [4.78, 5) is 33.4. The number of aromatic nitrogens is 1. The summed E-state index contributed by atoms with van der Waals surface area (Å²) in [7, 11) is 3.43. The lowest BCUT2D eigenvalue weighted by Crippen LogP contribution is -2.28. The van der Waals surface area contributed by atoms with E-state index in [4.69, 9.17) is 9.73 Å². The molecular weight excluding hydrogens is 456 g/mol. The van der Waals surface area contributed by atoms with Crippen LogP contribution in [0, 0.1) is 0 Å². The van der Waals surface area contributed by atoms with Crippen molar-refractivity contribution in [2.45, 2.75) is 6.92 Å². The van der Waals surface area contributed by atoms with Gasteiger partial charge in [-0.2, -0.15) is 0 Å². The maximum Gasteiger partial charge on any atom is 0.338 e. The van der Waals surface area contributed by atoms with Gasteiger partial charge in [0, 0.05) is 36.2 Å². The zero-order valence-electron chi connectivity index (χ0n) is 20.4. The Morgan fingerprint density at radius 3 is 2.39 bits per heavy atom. The smallest absolute Gasteiger partial charge is 0.338 e. The Balaban J connectivity index is 1.73. The molecule has 0 aliphatic carbocycles. The molecule has 4 rings (SSSR count). The van der Waals surface area contributed by atoms with Crippen molar-refractivity contribution >= 4 is 39.9 Å². The highest BCUT2D eigenvalue weighted by Crippen LogP contribution is 2.32. The van der Waals surface area contributed by atoms with E-state index in [1.807, 2.05) is 54.6 Å². The molecule has 0 spiro atoms. The first kappa shape index (κ1) is 24.5. The second-order valence-electron chi connectivity index (χ2n) is 8.34. The molecule has 3 aromatic carbocycles. The van der Waals surface area contributed by atoms with E-state index in [1.54, 1.807) is 39.2 Å². The summed E-state index contributed by atoms with van der Waals surface area (Å²) in [6.45, 7) is 2.23. The highest BCUT2D eigenvalue weighted by molar-refractivity contribution is 6.22. The lowest BCUT2D eigenvalue weighted by Gasteiger charge is -2.12. The maximum atomic E-state index is 12.2. The molecule has 8 heteroatoms. The van der Waals surface area contributed by atoms with Gasteiger partial charge in [-0.1, -0.05) is 36.4 Å². The predicted octanol–water partition coefficient (Wildman–Crippen LogP) is 4.72. The van der Waals surface area contributed by atoms with E-state index in [1.165, 1.54) is 4.90 Å². The molecule has 3 N–H and O–H groups in total. The number of likely N-dealkylation sites (N-methyl/N-ethyl adjacent to an activating group) is 1. The monoisotopic (exact) mass is 484 g/mol. The number of benzene rings is 3. The Kier molecular flexibility index (Phi) is 7.34. The maximum absolute atomic E-state index is 12.2. The van der Waals surface area contributed by atoms with Gasteiger partial charge in [0.25, 0.3) is 0 Å². The van der Waals surface area contributed by atoms with Gasteiger partial charge in [-0.15, -0.1) is 0 Å². The van der Waals surface area contributed by atoms with Crippen LogP contribution in [0.25, 0.3) is 10.9 Å². The fraction of sp³-hybridized carbons (Fsp3) is 0.179. The molecule has 0 bridgehead atoms. The van der Waals surface area contributed by atoms with Crippen molar-refractivity contribution in [2.24, 2.45) is 4.99 Å². The van der Waals surface area contributed by atoms with Crippen LogP contribution >= 0.6 is 0 Å². The third-order valence-electron chi connectivity index (χ3n) is 5.62. The number of nitrogens with zero attached hydrogens (tertiary/aromatic N) is 2. The van der Waals surface area contributed by atoms with Gasteiger partial charge < -0.3 is 25.0 Å². The van der Waals surface area contributed by atoms with Crippen molar-refractivity contribution in [3.63, 3.8) is 0 Å². The molecule has 184 valence electrons. The summed E-state index contributed by atoms with van der Waals surface area (Å²) in [5.74, 6) is -0.494. The van der Waals surface area contributed by atoms with Crippen LogP contribution in [-0.4, -0.2) is 59.8 Å². The van der Waals surface area contributed by atoms with E-state index in [0.717, 1.165) is 16.6 Å². The summed E-state index contributed by atoms with van der Waals surface area (Å²) in [5, 5.41) is 14.7. The SMILES string of the molecule is CCOC(=O)c1ccc2c(C(=Nc3ccc(NCC(=O)N(C)C)cc3)c3ccccc3)c(O)[nH]c2c1. The molecule has 4 aromatic rings. The Morgan fingerprint density at radius 1 is 1.00 bits per heavy atom. The van der Waals surface area contributed by atoms with Gasteiger partial charge in [-0.25, -0.2) is 9.79 Å². The number of fused-ring (bicyclic) bond motifs is 1. The fourth-order valence-corrected chi connectivity index (χ4v) is 3.74. The molecule has 0 radical (unpaired) electrons. The molecule has 0 saturated carbocycles. The number of rotatable bonds is 8. The lowest BCUT2D eigenvalue weighted by atomic mass is 10.00. The Bertz CT molecular complexity index is 1410. The van der Waals surface area contributed by atoms with E-state index in [9.17, 15) is 14.7 Å². The van der Waals surface area contributed by atoms with Crippen LogP contribution in [-0.2, 0) is 9.53 Å². The molecule has 0 fully saturated rings. The van der Waals surface area contributed by atoms with Gasteiger partial charge in [0.05, 0.1) is 35.7 Å². The third-order valence-corrected chi connectivity index (χ3v) is 5.62. The first-order chi connectivity index (χ1) is 17.4. The fourth-order valence-electron chi connectivity index (χ4n) is 3.74. The number of H-pyrrole nitrogens is 1. The van der Waals surface area contributed by atoms with E-state index in [-0.39, 0.29) is 24.9 Å². The number of esters is 1. The average molecular weight is 485 g/mol. The van der Waals surface area contributed by atoms with E-state index in [0.29, 0.717) is 28.0 Å². The molecule has 36 heavy (non-hydrogen) atoms. The second kappa shape index (κ2) is 10.8. The van der Waals surface area contributed by atoms with Crippen molar-refractivity contribution in [2.75, 3.05) is 32.6 Å². The largest absolute Gasteiger partial charge is 0.494 e. The average Bonchev–Trinajstić information content (AvgIpc) is 3.21.